The third-order valence-corrected chi connectivity index (χ3v) is 5.00. The van der Waals surface area contributed by atoms with Crippen LogP contribution in [0, 0.1) is 5.82 Å². The number of aromatic nitrogens is 2. The molecule has 2 aromatic rings. The van der Waals surface area contributed by atoms with Gasteiger partial charge in [-0.3, -0.25) is 9.40 Å². The molecule has 0 spiro atoms. The molecule has 2 heterocycles. The molecule has 1 aromatic heterocycles. The van der Waals surface area contributed by atoms with Crippen molar-refractivity contribution < 1.29 is 17.5 Å². The molecule has 0 amide bonds. The summed E-state index contributed by atoms with van der Waals surface area (Å²) in [4.78, 5) is -0.115. The zero-order valence-electron chi connectivity index (χ0n) is 11.4. The van der Waals surface area contributed by atoms with Gasteiger partial charge in [0, 0.05) is 12.8 Å². The molecule has 3 rings (SSSR count). The van der Waals surface area contributed by atoms with Crippen molar-refractivity contribution in [1.82, 2.24) is 9.78 Å². The molecular formula is C13H13ClFN3O3S. The lowest BCUT2D eigenvalue weighted by atomic mass is 10.3. The molecule has 1 atom stereocenters. The molecular weight excluding hydrogens is 333 g/mol. The van der Waals surface area contributed by atoms with E-state index in [0.29, 0.717) is 18.9 Å². The Morgan fingerprint density at radius 2 is 2.27 bits per heavy atom. The summed E-state index contributed by atoms with van der Waals surface area (Å²) in [6.07, 6.45) is 3.85. The fraction of sp³-hybridized carbons (Fsp3) is 0.308. The van der Waals surface area contributed by atoms with Gasteiger partial charge in [-0.1, -0.05) is 11.6 Å². The number of hydrogen-bond acceptors (Lipinski definition) is 4. The van der Waals surface area contributed by atoms with E-state index in [-0.39, 0.29) is 16.0 Å². The second-order valence-corrected chi connectivity index (χ2v) is 7.00. The van der Waals surface area contributed by atoms with Crippen LogP contribution in [-0.2, 0) is 14.8 Å². The van der Waals surface area contributed by atoms with E-state index < -0.39 is 15.8 Å². The van der Waals surface area contributed by atoms with Crippen molar-refractivity contribution in [2.24, 2.45) is 0 Å². The van der Waals surface area contributed by atoms with Gasteiger partial charge in [0.25, 0.3) is 10.0 Å². The van der Waals surface area contributed by atoms with E-state index in [0.717, 1.165) is 24.6 Å². The standard InChI is InChI=1S/C13H13ClFN3O3S/c14-12-5-11(1-2-13(12)15)22(19,20)17-9-6-16-18(7-9)10-3-4-21-8-10/h1-2,5-7,10,17H,3-4,8H2/t10-/m0/s1. The summed E-state index contributed by atoms with van der Waals surface area (Å²) in [5, 5.41) is 3.88. The molecule has 1 aliphatic heterocycles. The number of nitrogens with one attached hydrogen (secondary N) is 1. The lowest BCUT2D eigenvalue weighted by Crippen LogP contribution is -2.13. The van der Waals surface area contributed by atoms with Crippen LogP contribution in [0.4, 0.5) is 10.1 Å². The predicted octanol–water partition coefficient (Wildman–Crippen LogP) is 2.44. The van der Waals surface area contributed by atoms with Gasteiger partial charge in [0.2, 0.25) is 0 Å². The van der Waals surface area contributed by atoms with Crippen molar-refractivity contribution in [3.63, 3.8) is 0 Å². The maximum Gasteiger partial charge on any atom is 0.262 e. The Morgan fingerprint density at radius 3 is 2.95 bits per heavy atom. The molecule has 1 saturated heterocycles. The van der Waals surface area contributed by atoms with Gasteiger partial charge >= 0.3 is 0 Å². The summed E-state index contributed by atoms with van der Waals surface area (Å²) >= 11 is 5.62. The first kappa shape index (κ1) is 15.3. The number of hydrogen-bond donors (Lipinski definition) is 1. The first-order chi connectivity index (χ1) is 10.5. The molecule has 22 heavy (non-hydrogen) atoms. The number of benzene rings is 1. The average molecular weight is 346 g/mol. The molecule has 9 heteroatoms. The van der Waals surface area contributed by atoms with Gasteiger partial charge in [-0.05, 0) is 24.6 Å². The van der Waals surface area contributed by atoms with E-state index in [9.17, 15) is 12.8 Å². The van der Waals surface area contributed by atoms with Gasteiger partial charge in [0.05, 0.1) is 34.5 Å². The molecule has 0 radical (unpaired) electrons. The Kier molecular flexibility index (Phi) is 4.07. The molecule has 118 valence electrons. The lowest BCUT2D eigenvalue weighted by molar-refractivity contribution is 0.184. The van der Waals surface area contributed by atoms with Crippen LogP contribution in [0.5, 0.6) is 0 Å². The van der Waals surface area contributed by atoms with Crippen molar-refractivity contribution in [3.8, 4) is 0 Å². The van der Waals surface area contributed by atoms with Crippen LogP contribution in [0.1, 0.15) is 12.5 Å². The van der Waals surface area contributed by atoms with E-state index >= 15 is 0 Å². The summed E-state index contributed by atoms with van der Waals surface area (Å²) in [5.74, 6) is -0.672. The molecule has 1 fully saturated rings. The largest absolute Gasteiger partial charge is 0.379 e. The van der Waals surface area contributed by atoms with Crippen LogP contribution in [0.3, 0.4) is 0 Å². The van der Waals surface area contributed by atoms with E-state index in [4.69, 9.17) is 16.3 Å². The van der Waals surface area contributed by atoms with Crippen molar-refractivity contribution in [2.75, 3.05) is 17.9 Å². The van der Waals surface area contributed by atoms with Gasteiger partial charge in [-0.15, -0.1) is 0 Å². The molecule has 0 saturated carbocycles. The van der Waals surface area contributed by atoms with Crippen LogP contribution in [-0.4, -0.2) is 31.4 Å². The maximum atomic E-state index is 13.1. The first-order valence-corrected chi connectivity index (χ1v) is 8.41. The van der Waals surface area contributed by atoms with E-state index in [1.54, 1.807) is 10.9 Å². The molecule has 6 nitrogen and oxygen atoms in total. The molecule has 1 aliphatic rings. The van der Waals surface area contributed by atoms with Crippen molar-refractivity contribution in [1.29, 1.82) is 0 Å². The highest BCUT2D eigenvalue weighted by Crippen LogP contribution is 2.23. The van der Waals surface area contributed by atoms with E-state index in [1.165, 1.54) is 6.20 Å². The van der Waals surface area contributed by atoms with Crippen LogP contribution < -0.4 is 4.72 Å². The van der Waals surface area contributed by atoms with E-state index in [1.807, 2.05) is 0 Å². The highest BCUT2D eigenvalue weighted by Gasteiger charge is 2.20. The summed E-state index contributed by atoms with van der Waals surface area (Å²) in [5.41, 5.74) is 0.326. The van der Waals surface area contributed by atoms with Gasteiger partial charge < -0.3 is 4.74 Å². The molecule has 0 aliphatic carbocycles. The second-order valence-electron chi connectivity index (χ2n) is 4.91. The van der Waals surface area contributed by atoms with Gasteiger partial charge in [0.15, 0.2) is 0 Å². The minimum absolute atomic E-state index is 0.110. The third-order valence-electron chi connectivity index (χ3n) is 3.33. The zero-order chi connectivity index (χ0) is 15.7. The Bertz CT molecular complexity index is 788. The van der Waals surface area contributed by atoms with E-state index in [2.05, 4.69) is 9.82 Å². The number of ether oxygens (including phenoxy) is 1. The van der Waals surface area contributed by atoms with Crippen LogP contribution in [0.25, 0.3) is 0 Å². The topological polar surface area (TPSA) is 73.2 Å². The number of rotatable bonds is 4. The smallest absolute Gasteiger partial charge is 0.262 e. The van der Waals surface area contributed by atoms with Crippen molar-refractivity contribution in [3.05, 3.63) is 41.4 Å². The van der Waals surface area contributed by atoms with Crippen LogP contribution >= 0.6 is 11.6 Å². The summed E-state index contributed by atoms with van der Waals surface area (Å²) in [7, 11) is -3.85. The molecule has 0 bridgehead atoms. The summed E-state index contributed by atoms with van der Waals surface area (Å²) < 4.78 is 46.9. The summed E-state index contributed by atoms with van der Waals surface area (Å²) in [6, 6.07) is 3.34. The Labute approximate surface area is 131 Å². The molecule has 1 N–H and O–H groups in total. The highest BCUT2D eigenvalue weighted by atomic mass is 35.5. The monoisotopic (exact) mass is 345 g/mol. The van der Waals surface area contributed by atoms with Crippen LogP contribution in [0.15, 0.2) is 35.5 Å². The number of halogens is 2. The van der Waals surface area contributed by atoms with Crippen molar-refractivity contribution in [2.45, 2.75) is 17.4 Å². The third kappa shape index (κ3) is 3.08. The van der Waals surface area contributed by atoms with Gasteiger partial charge in [-0.25, -0.2) is 12.8 Å². The number of anilines is 1. The fourth-order valence-corrected chi connectivity index (χ4v) is 3.48. The Balaban J connectivity index is 1.80. The molecule has 1 aromatic carbocycles. The fourth-order valence-electron chi connectivity index (χ4n) is 2.18. The van der Waals surface area contributed by atoms with Crippen molar-refractivity contribution >= 4 is 27.3 Å². The predicted molar refractivity (Wildman–Crippen MR) is 78.9 cm³/mol. The lowest BCUT2D eigenvalue weighted by Gasteiger charge is -2.08. The second kappa shape index (κ2) is 5.86. The zero-order valence-corrected chi connectivity index (χ0v) is 12.9. The minimum Gasteiger partial charge on any atom is -0.379 e. The first-order valence-electron chi connectivity index (χ1n) is 6.55. The average Bonchev–Trinajstić information content (AvgIpc) is 3.11. The highest BCUT2D eigenvalue weighted by molar-refractivity contribution is 7.92. The SMILES string of the molecule is O=S(=O)(Nc1cnn([C@H]2CCOC2)c1)c1ccc(F)c(Cl)c1. The van der Waals surface area contributed by atoms with Gasteiger partial charge in [0.1, 0.15) is 5.82 Å². The maximum absolute atomic E-state index is 13.1. The quantitative estimate of drug-likeness (QED) is 0.923. The number of nitrogens with zero attached hydrogens (tertiary/aromatic N) is 2. The summed E-state index contributed by atoms with van der Waals surface area (Å²) in [6.45, 7) is 1.22. The molecule has 0 unspecified atom stereocenters. The Morgan fingerprint density at radius 1 is 1.45 bits per heavy atom. The minimum atomic E-state index is -3.85. The number of sulfonamides is 1. The van der Waals surface area contributed by atoms with Gasteiger partial charge in [-0.2, -0.15) is 5.10 Å². The normalized spacial score (nSPS) is 18.5. The Hall–Kier alpha value is -1.64. The van der Waals surface area contributed by atoms with Crippen LogP contribution in [0.2, 0.25) is 5.02 Å².